The lowest BCUT2D eigenvalue weighted by Crippen LogP contribution is -2.12. The fourth-order valence-electron chi connectivity index (χ4n) is 8.42. The summed E-state index contributed by atoms with van der Waals surface area (Å²) in [5.41, 5.74) is 12.2. The third kappa shape index (κ3) is 5.16. The number of thiophene rings is 1. The number of benzene rings is 9. The Morgan fingerprint density at radius 1 is 0.364 bits per heavy atom. The highest BCUT2D eigenvalue weighted by atomic mass is 32.1. The highest BCUT2D eigenvalue weighted by Gasteiger charge is 2.24. The van der Waals surface area contributed by atoms with Crippen molar-refractivity contribution in [3.05, 3.63) is 200 Å². The molecule has 0 saturated carbocycles. The minimum atomic E-state index is 0.885. The molecule has 0 aliphatic heterocycles. The summed E-state index contributed by atoms with van der Waals surface area (Å²) >= 11 is 1.86. The van der Waals surface area contributed by atoms with Crippen LogP contribution < -0.4 is 4.90 Å². The lowest BCUT2D eigenvalue weighted by atomic mass is 9.90. The highest BCUT2D eigenvalue weighted by Crippen LogP contribution is 2.50. The summed E-state index contributed by atoms with van der Waals surface area (Å²) in [6.45, 7) is 0. The van der Waals surface area contributed by atoms with Gasteiger partial charge in [0.25, 0.3) is 0 Å². The second-order valence-corrected chi connectivity index (χ2v) is 15.1. The molecule has 0 unspecified atom stereocenters. The number of rotatable bonds is 6. The average Bonchev–Trinajstić information content (AvgIpc) is 3.83. The first-order chi connectivity index (χ1) is 27.3. The van der Waals surface area contributed by atoms with Crippen LogP contribution in [0.15, 0.2) is 205 Å². The van der Waals surface area contributed by atoms with E-state index in [2.05, 4.69) is 193 Å². The van der Waals surface area contributed by atoms with Crippen molar-refractivity contribution in [1.82, 2.24) is 0 Å². The number of nitrogens with zero attached hydrogens (tertiary/aromatic N) is 1. The number of anilines is 3. The lowest BCUT2D eigenvalue weighted by Gasteiger charge is -2.30. The van der Waals surface area contributed by atoms with Crippen LogP contribution in [0.2, 0.25) is 0 Å². The van der Waals surface area contributed by atoms with Crippen LogP contribution >= 0.6 is 11.3 Å². The number of furan rings is 1. The van der Waals surface area contributed by atoms with Crippen molar-refractivity contribution in [2.24, 2.45) is 0 Å². The molecule has 0 bridgehead atoms. The molecule has 2 aromatic heterocycles. The average molecular weight is 720 g/mol. The Kier molecular flexibility index (Phi) is 7.39. The van der Waals surface area contributed by atoms with Gasteiger partial charge in [-0.05, 0) is 75.5 Å². The van der Waals surface area contributed by atoms with E-state index in [0.29, 0.717) is 0 Å². The van der Waals surface area contributed by atoms with Crippen LogP contribution in [0.1, 0.15) is 0 Å². The molecular formula is C52H33NOS. The Hall–Kier alpha value is -6.94. The molecule has 0 radical (unpaired) electrons. The molecule has 0 fully saturated rings. The van der Waals surface area contributed by atoms with Gasteiger partial charge in [0.2, 0.25) is 0 Å². The first kappa shape index (κ1) is 31.6. The van der Waals surface area contributed by atoms with Crippen molar-refractivity contribution in [3.63, 3.8) is 0 Å². The van der Waals surface area contributed by atoms with E-state index in [0.717, 1.165) is 55.7 Å². The van der Waals surface area contributed by atoms with Crippen molar-refractivity contribution in [3.8, 4) is 33.4 Å². The lowest BCUT2D eigenvalue weighted by molar-refractivity contribution is 0.669. The zero-order chi connectivity index (χ0) is 36.3. The minimum Gasteiger partial charge on any atom is -0.456 e. The monoisotopic (exact) mass is 719 g/mol. The van der Waals surface area contributed by atoms with Crippen molar-refractivity contribution in [2.45, 2.75) is 0 Å². The van der Waals surface area contributed by atoms with Crippen LogP contribution in [-0.2, 0) is 0 Å². The van der Waals surface area contributed by atoms with Gasteiger partial charge >= 0.3 is 0 Å². The molecule has 2 nitrogen and oxygen atoms in total. The van der Waals surface area contributed by atoms with Crippen LogP contribution in [0.5, 0.6) is 0 Å². The zero-order valence-electron chi connectivity index (χ0n) is 29.8. The molecule has 9 aromatic carbocycles. The van der Waals surface area contributed by atoms with Crippen LogP contribution in [0.25, 0.3) is 86.3 Å². The molecule has 258 valence electrons. The molecular weight excluding hydrogens is 687 g/mol. The van der Waals surface area contributed by atoms with Gasteiger partial charge in [-0.15, -0.1) is 11.3 Å². The number of hydrogen-bond donors (Lipinski definition) is 0. The largest absolute Gasteiger partial charge is 0.456 e. The van der Waals surface area contributed by atoms with E-state index in [-0.39, 0.29) is 0 Å². The third-order valence-electron chi connectivity index (χ3n) is 10.9. The summed E-state index contributed by atoms with van der Waals surface area (Å²) in [6, 6.07) is 72.3. The van der Waals surface area contributed by atoms with Crippen LogP contribution in [-0.4, -0.2) is 0 Å². The van der Waals surface area contributed by atoms with Crippen molar-refractivity contribution >= 4 is 81.3 Å². The Morgan fingerprint density at radius 2 is 0.964 bits per heavy atom. The minimum absolute atomic E-state index is 0.885. The van der Waals surface area contributed by atoms with E-state index >= 15 is 0 Å². The van der Waals surface area contributed by atoms with Crippen molar-refractivity contribution in [2.75, 3.05) is 4.90 Å². The summed E-state index contributed by atoms with van der Waals surface area (Å²) in [6.07, 6.45) is 0. The number of para-hydroxylation sites is 3. The maximum atomic E-state index is 6.43. The molecule has 0 amide bonds. The Morgan fingerprint density at radius 3 is 1.82 bits per heavy atom. The summed E-state index contributed by atoms with van der Waals surface area (Å²) in [7, 11) is 0. The van der Waals surface area contributed by atoms with Crippen LogP contribution in [0.3, 0.4) is 0 Å². The van der Waals surface area contributed by atoms with Crippen molar-refractivity contribution < 1.29 is 4.42 Å². The molecule has 3 heteroatoms. The van der Waals surface area contributed by atoms with E-state index in [1.54, 1.807) is 0 Å². The maximum Gasteiger partial charge on any atom is 0.136 e. The number of hydrogen-bond acceptors (Lipinski definition) is 3. The first-order valence-corrected chi connectivity index (χ1v) is 19.5. The molecule has 2 heterocycles. The molecule has 11 aromatic rings. The molecule has 0 spiro atoms. The molecule has 0 saturated heterocycles. The molecule has 0 aliphatic carbocycles. The third-order valence-corrected chi connectivity index (χ3v) is 12.1. The predicted octanol–water partition coefficient (Wildman–Crippen LogP) is 15.6. The molecule has 55 heavy (non-hydrogen) atoms. The fraction of sp³-hybridized carbons (Fsp3) is 0. The second kappa shape index (κ2) is 12.9. The van der Waals surface area contributed by atoms with Crippen LogP contribution in [0, 0.1) is 0 Å². The van der Waals surface area contributed by atoms with E-state index in [1.807, 2.05) is 23.5 Å². The summed E-state index contributed by atoms with van der Waals surface area (Å²) in [5, 5.41) is 7.26. The standard InChI is InChI=1S/C52H33NOS/c1-2-15-34(16-3-1)38-23-12-17-35-18-13-24-43(51(35)38)39-20-5-9-27-46(39)53(47-28-14-25-44-42-22-7-11-30-50(42)55-52(44)47)45-26-8-4-19-37(45)36-31-32-41-40-21-6-10-29-48(40)54-49(41)33-36/h1-33H. The number of fused-ring (bicyclic) bond motifs is 7. The summed E-state index contributed by atoms with van der Waals surface area (Å²) in [4.78, 5) is 2.50. The van der Waals surface area contributed by atoms with E-state index < -0.39 is 0 Å². The van der Waals surface area contributed by atoms with Gasteiger partial charge in [-0.2, -0.15) is 0 Å². The molecule has 0 atom stereocenters. The van der Waals surface area contributed by atoms with E-state index in [4.69, 9.17) is 4.42 Å². The van der Waals surface area contributed by atoms with Gasteiger partial charge in [0.15, 0.2) is 0 Å². The van der Waals surface area contributed by atoms with Gasteiger partial charge in [-0.25, -0.2) is 0 Å². The first-order valence-electron chi connectivity index (χ1n) is 18.7. The Balaban J connectivity index is 1.20. The van der Waals surface area contributed by atoms with Gasteiger partial charge in [-0.1, -0.05) is 158 Å². The smallest absolute Gasteiger partial charge is 0.136 e. The highest BCUT2D eigenvalue weighted by molar-refractivity contribution is 7.26. The SMILES string of the molecule is c1ccc(-c2cccc3cccc(-c4ccccc4N(c4ccccc4-c4ccc5c(c4)oc4ccccc45)c4cccc5c4sc4ccccc45)c23)cc1. The van der Waals surface area contributed by atoms with E-state index in [1.165, 1.54) is 47.6 Å². The van der Waals surface area contributed by atoms with Gasteiger partial charge in [0, 0.05) is 37.4 Å². The Labute approximate surface area is 322 Å². The summed E-state index contributed by atoms with van der Waals surface area (Å²) < 4.78 is 8.96. The molecule has 11 rings (SSSR count). The molecule has 0 aliphatic rings. The van der Waals surface area contributed by atoms with E-state index in [9.17, 15) is 0 Å². The topological polar surface area (TPSA) is 16.4 Å². The van der Waals surface area contributed by atoms with Crippen molar-refractivity contribution in [1.29, 1.82) is 0 Å². The predicted molar refractivity (Wildman–Crippen MR) is 235 cm³/mol. The van der Waals surface area contributed by atoms with Gasteiger partial charge in [0.1, 0.15) is 11.2 Å². The van der Waals surface area contributed by atoms with Gasteiger partial charge < -0.3 is 9.32 Å². The summed E-state index contributed by atoms with van der Waals surface area (Å²) in [5.74, 6) is 0. The Bertz CT molecular complexity index is 3220. The second-order valence-electron chi connectivity index (χ2n) is 14.0. The zero-order valence-corrected chi connectivity index (χ0v) is 30.6. The molecule has 0 N–H and O–H groups in total. The fourth-order valence-corrected chi connectivity index (χ4v) is 9.63. The van der Waals surface area contributed by atoms with Gasteiger partial charge in [0.05, 0.1) is 21.8 Å². The maximum absolute atomic E-state index is 6.43. The quantitative estimate of drug-likeness (QED) is 0.170. The van der Waals surface area contributed by atoms with Crippen LogP contribution in [0.4, 0.5) is 17.1 Å². The normalized spacial score (nSPS) is 11.6. The van der Waals surface area contributed by atoms with Gasteiger partial charge in [-0.3, -0.25) is 0 Å².